The van der Waals surface area contributed by atoms with Crippen LogP contribution in [0.3, 0.4) is 0 Å². The lowest BCUT2D eigenvalue weighted by Gasteiger charge is -2.06. The molecule has 0 unspecified atom stereocenters. The zero-order valence-corrected chi connectivity index (χ0v) is 15.8. The summed E-state index contributed by atoms with van der Waals surface area (Å²) in [7, 11) is 1.69. The normalized spacial score (nSPS) is 12.1. The van der Waals surface area contributed by atoms with Crippen LogP contribution in [0.5, 0.6) is 11.5 Å². The summed E-state index contributed by atoms with van der Waals surface area (Å²) in [6.45, 7) is 0. The highest BCUT2D eigenvalue weighted by Gasteiger charge is 2.12. The summed E-state index contributed by atoms with van der Waals surface area (Å²) in [4.78, 5) is 4.92. The smallest absolute Gasteiger partial charge is 0.205 e. The molecule has 2 aromatic heterocycles. The van der Waals surface area contributed by atoms with Crippen LogP contribution in [-0.4, -0.2) is 37.9 Å². The molecular weight excluding hydrogens is 374 g/mol. The molecule has 4 rings (SSSR count). The first-order valence-corrected chi connectivity index (χ1v) is 9.34. The summed E-state index contributed by atoms with van der Waals surface area (Å²) in [5.41, 5.74) is 3.02. The number of phenolic OH excluding ortho intramolecular Hbond substituents is 2. The van der Waals surface area contributed by atoms with Crippen LogP contribution < -0.4 is 4.80 Å². The van der Waals surface area contributed by atoms with E-state index >= 15 is 0 Å². The Morgan fingerprint density at radius 2 is 1.93 bits per heavy atom. The second kappa shape index (κ2) is 7.53. The summed E-state index contributed by atoms with van der Waals surface area (Å²) in [6.07, 6.45) is 5.30. The summed E-state index contributed by atoms with van der Waals surface area (Å²) >= 11 is 1.41. The second-order valence-electron chi connectivity index (χ2n) is 5.94. The lowest BCUT2D eigenvalue weighted by Crippen LogP contribution is -2.11. The minimum atomic E-state index is -0.0266. The maximum Gasteiger partial charge on any atom is 0.205 e. The molecule has 0 fully saturated rings. The van der Waals surface area contributed by atoms with Gasteiger partial charge in [-0.1, -0.05) is 18.2 Å². The molecule has 4 aromatic rings. The average Bonchev–Trinajstić information content (AvgIpc) is 3.34. The summed E-state index contributed by atoms with van der Waals surface area (Å²) in [5.74, 6) is -0.0263. The molecule has 28 heavy (non-hydrogen) atoms. The molecule has 140 valence electrons. The predicted octanol–water partition coefficient (Wildman–Crippen LogP) is 3.23. The van der Waals surface area contributed by atoms with Crippen molar-refractivity contribution >= 4 is 17.6 Å². The van der Waals surface area contributed by atoms with Gasteiger partial charge in [0.1, 0.15) is 11.5 Å². The summed E-state index contributed by atoms with van der Waals surface area (Å²) in [6, 6.07) is 14.3. The lowest BCUT2D eigenvalue weighted by molar-refractivity contribution is 0.451. The van der Waals surface area contributed by atoms with E-state index in [1.54, 1.807) is 34.9 Å². The van der Waals surface area contributed by atoms with Gasteiger partial charge in [-0.05, 0) is 24.3 Å². The van der Waals surface area contributed by atoms with Gasteiger partial charge >= 0.3 is 0 Å². The van der Waals surface area contributed by atoms with E-state index in [9.17, 15) is 10.2 Å². The number of para-hydroxylation sites is 1. The Morgan fingerprint density at radius 3 is 2.68 bits per heavy atom. The SMILES string of the molecule is CN=c1scc(-c2ccc(O)cc2O)n1/N=C/c1cnn(-c2ccccc2)c1. The highest BCUT2D eigenvalue weighted by Crippen LogP contribution is 2.32. The zero-order valence-electron chi connectivity index (χ0n) is 15.0. The number of phenols is 2. The minimum Gasteiger partial charge on any atom is -0.508 e. The van der Waals surface area contributed by atoms with Crippen molar-refractivity contribution in [2.45, 2.75) is 0 Å². The van der Waals surface area contributed by atoms with Crippen molar-refractivity contribution in [2.24, 2.45) is 10.1 Å². The molecule has 7 nitrogen and oxygen atoms in total. The molecule has 0 aliphatic heterocycles. The molecular formula is C20H17N5O2S. The zero-order chi connectivity index (χ0) is 19.5. The quantitative estimate of drug-likeness (QED) is 0.524. The highest BCUT2D eigenvalue weighted by atomic mass is 32.1. The van der Waals surface area contributed by atoms with Gasteiger partial charge in [-0.15, -0.1) is 11.3 Å². The predicted molar refractivity (Wildman–Crippen MR) is 109 cm³/mol. The van der Waals surface area contributed by atoms with E-state index < -0.39 is 0 Å². The molecule has 2 heterocycles. The van der Waals surface area contributed by atoms with E-state index in [0.29, 0.717) is 16.1 Å². The van der Waals surface area contributed by atoms with Crippen molar-refractivity contribution in [1.82, 2.24) is 14.5 Å². The monoisotopic (exact) mass is 391 g/mol. The molecule has 0 saturated carbocycles. The van der Waals surface area contributed by atoms with Gasteiger partial charge in [0.25, 0.3) is 0 Å². The van der Waals surface area contributed by atoms with Gasteiger partial charge in [0, 0.05) is 35.8 Å². The van der Waals surface area contributed by atoms with Crippen molar-refractivity contribution in [3.63, 3.8) is 0 Å². The number of aromatic hydroxyl groups is 2. The Morgan fingerprint density at radius 1 is 1.11 bits per heavy atom. The number of aromatic nitrogens is 3. The van der Waals surface area contributed by atoms with E-state index in [2.05, 4.69) is 15.2 Å². The van der Waals surface area contributed by atoms with Crippen LogP contribution in [0.4, 0.5) is 0 Å². The Bertz CT molecular complexity index is 1200. The van der Waals surface area contributed by atoms with Crippen molar-refractivity contribution in [3.8, 4) is 28.4 Å². The van der Waals surface area contributed by atoms with Crippen LogP contribution in [0.25, 0.3) is 16.9 Å². The Hall–Kier alpha value is -3.65. The summed E-state index contributed by atoms with van der Waals surface area (Å²) in [5, 5.41) is 30.5. The fourth-order valence-corrected chi connectivity index (χ4v) is 3.53. The summed E-state index contributed by atoms with van der Waals surface area (Å²) < 4.78 is 3.42. The van der Waals surface area contributed by atoms with E-state index in [1.165, 1.54) is 23.5 Å². The number of hydrogen-bond acceptors (Lipinski definition) is 6. The minimum absolute atomic E-state index is 0.000240. The number of rotatable bonds is 4. The van der Waals surface area contributed by atoms with Crippen molar-refractivity contribution < 1.29 is 10.2 Å². The van der Waals surface area contributed by atoms with Crippen LogP contribution in [-0.2, 0) is 0 Å². The molecule has 0 saturated heterocycles. The Kier molecular flexibility index (Phi) is 4.77. The van der Waals surface area contributed by atoms with Crippen LogP contribution >= 0.6 is 11.3 Å². The van der Waals surface area contributed by atoms with Gasteiger partial charge in [-0.25, -0.2) is 9.36 Å². The molecule has 0 aliphatic carbocycles. The van der Waals surface area contributed by atoms with Gasteiger partial charge in [0.15, 0.2) is 0 Å². The third-order valence-corrected chi connectivity index (χ3v) is 4.99. The standard InChI is InChI=1S/C20H17N5O2S/c1-21-20-25(18(13-28-20)17-8-7-16(26)9-19(17)27)23-11-14-10-22-24(12-14)15-5-3-2-4-6-15/h2-13,26-27H,1H3/b21-20?,23-11+. The second-order valence-corrected chi connectivity index (χ2v) is 6.78. The fourth-order valence-electron chi connectivity index (χ4n) is 2.73. The molecule has 8 heteroatoms. The fraction of sp³-hybridized carbons (Fsp3) is 0.0500. The van der Waals surface area contributed by atoms with Crippen molar-refractivity contribution in [1.29, 1.82) is 0 Å². The molecule has 2 aromatic carbocycles. The molecule has 0 atom stereocenters. The number of nitrogens with zero attached hydrogens (tertiary/aromatic N) is 5. The van der Waals surface area contributed by atoms with E-state index in [4.69, 9.17) is 0 Å². The van der Waals surface area contributed by atoms with Gasteiger partial charge in [-0.3, -0.25) is 4.99 Å². The maximum atomic E-state index is 10.2. The third kappa shape index (κ3) is 3.45. The molecule has 2 N–H and O–H groups in total. The largest absolute Gasteiger partial charge is 0.508 e. The average molecular weight is 391 g/mol. The number of hydrogen-bond donors (Lipinski definition) is 2. The van der Waals surface area contributed by atoms with Gasteiger partial charge in [0.05, 0.1) is 23.8 Å². The molecule has 0 aliphatic rings. The number of thiazole rings is 1. The van der Waals surface area contributed by atoms with E-state index in [-0.39, 0.29) is 11.5 Å². The van der Waals surface area contributed by atoms with Crippen molar-refractivity contribution in [2.75, 3.05) is 7.05 Å². The maximum absolute atomic E-state index is 10.2. The van der Waals surface area contributed by atoms with Gasteiger partial charge in [-0.2, -0.15) is 10.2 Å². The van der Waals surface area contributed by atoms with E-state index in [0.717, 1.165) is 11.3 Å². The molecule has 0 amide bonds. The molecule has 0 radical (unpaired) electrons. The lowest BCUT2D eigenvalue weighted by atomic mass is 10.1. The van der Waals surface area contributed by atoms with Crippen molar-refractivity contribution in [3.05, 3.63) is 76.7 Å². The topological polar surface area (TPSA) is 87.9 Å². The van der Waals surface area contributed by atoms with Crippen LogP contribution in [0, 0.1) is 0 Å². The van der Waals surface area contributed by atoms with E-state index in [1.807, 2.05) is 41.9 Å². The Labute approximate surface area is 164 Å². The number of benzene rings is 2. The van der Waals surface area contributed by atoms with Crippen LogP contribution in [0.1, 0.15) is 5.56 Å². The van der Waals surface area contributed by atoms with Crippen LogP contribution in [0.2, 0.25) is 0 Å². The first kappa shape index (κ1) is 17.7. The molecule has 0 spiro atoms. The molecule has 0 bridgehead atoms. The Balaban J connectivity index is 1.70. The van der Waals surface area contributed by atoms with Gasteiger partial charge < -0.3 is 10.2 Å². The van der Waals surface area contributed by atoms with Gasteiger partial charge in [0.2, 0.25) is 4.80 Å². The first-order chi connectivity index (χ1) is 13.7. The third-order valence-electron chi connectivity index (χ3n) is 4.08. The van der Waals surface area contributed by atoms with Crippen LogP contribution in [0.15, 0.2) is 76.4 Å². The first-order valence-electron chi connectivity index (χ1n) is 8.46. The highest BCUT2D eigenvalue weighted by molar-refractivity contribution is 7.07.